The van der Waals surface area contributed by atoms with Crippen molar-refractivity contribution in [2.45, 2.75) is 57.0 Å². The van der Waals surface area contributed by atoms with Crippen LogP contribution in [0.25, 0.3) is 0 Å². The van der Waals surface area contributed by atoms with Crippen LogP contribution in [0, 0.1) is 6.92 Å². The second-order valence-corrected chi connectivity index (χ2v) is 14.5. The van der Waals surface area contributed by atoms with Crippen molar-refractivity contribution < 1.29 is 176 Å². The van der Waals surface area contributed by atoms with Gasteiger partial charge in [0.2, 0.25) is 0 Å². The Morgan fingerprint density at radius 1 is 0.472 bits per heavy atom. The van der Waals surface area contributed by atoms with E-state index in [1.54, 1.807) is 13.8 Å². The second-order valence-electron chi connectivity index (χ2n) is 11.2. The molecule has 1 aromatic rings. The summed E-state index contributed by atoms with van der Waals surface area (Å²) in [4.78, 5) is 0. The van der Waals surface area contributed by atoms with Crippen LogP contribution in [0.3, 0.4) is 0 Å². The normalized spacial score (nSPS) is 12.8. The van der Waals surface area contributed by atoms with E-state index in [0.29, 0.717) is 117 Å². The van der Waals surface area contributed by atoms with E-state index in [0.717, 1.165) is 5.56 Å². The molecule has 0 aliphatic rings. The van der Waals surface area contributed by atoms with Gasteiger partial charge in [0.1, 0.15) is 13.2 Å². The van der Waals surface area contributed by atoms with E-state index >= 15 is 0 Å². The predicted octanol–water partition coefficient (Wildman–Crippen LogP) is -3.68. The van der Waals surface area contributed by atoms with E-state index in [1.165, 1.54) is 0 Å². The fourth-order valence-electron chi connectivity index (χ4n) is 4.33. The van der Waals surface area contributed by atoms with Crippen LogP contribution in [0.1, 0.15) is 45.1 Å². The van der Waals surface area contributed by atoms with Gasteiger partial charge in [-0.2, -0.15) is 0 Å². The Kier molecular flexibility index (Phi) is 39.2. The van der Waals surface area contributed by atoms with Crippen molar-refractivity contribution in [3.05, 3.63) is 23.8 Å². The van der Waals surface area contributed by atoms with Crippen LogP contribution >= 0.6 is 0 Å². The van der Waals surface area contributed by atoms with E-state index in [2.05, 4.69) is 0 Å². The van der Waals surface area contributed by atoms with Crippen molar-refractivity contribution in [1.82, 2.24) is 0 Å². The van der Waals surface area contributed by atoms with Gasteiger partial charge in [0, 0.05) is 13.2 Å². The summed E-state index contributed by atoms with van der Waals surface area (Å²) >= 11 is 0. The Labute approximate surface area is 402 Å². The van der Waals surface area contributed by atoms with Crippen molar-refractivity contribution in [1.29, 1.82) is 0 Å². The average Bonchev–Trinajstić information content (AvgIpc) is 3.07. The Balaban J connectivity index is 0. The Bertz CT molecular complexity index is 1210. The molecule has 0 N–H and O–H groups in total. The molecule has 0 saturated carbocycles. The van der Waals surface area contributed by atoms with Crippen LogP contribution in [0.5, 0.6) is 11.5 Å². The van der Waals surface area contributed by atoms with Crippen LogP contribution in [-0.4, -0.2) is 155 Å². The predicted molar refractivity (Wildman–Crippen MR) is 186 cm³/mol. The van der Waals surface area contributed by atoms with Crippen molar-refractivity contribution in [2.75, 3.05) is 119 Å². The van der Waals surface area contributed by atoms with Gasteiger partial charge >= 0.3 is 103 Å². The van der Waals surface area contributed by atoms with Gasteiger partial charge in [-0.1, -0.05) is 19.9 Å². The van der Waals surface area contributed by atoms with Gasteiger partial charge in [-0.25, -0.2) is 16.8 Å². The molecule has 20 heteroatoms. The molecule has 2 unspecified atom stereocenters. The van der Waals surface area contributed by atoms with Gasteiger partial charge in [-0.3, -0.25) is 0 Å². The number of rotatable bonds is 36. The van der Waals surface area contributed by atoms with Crippen molar-refractivity contribution in [3.63, 3.8) is 0 Å². The van der Waals surface area contributed by atoms with Gasteiger partial charge in [-0.15, -0.1) is 0 Å². The Hall–Kier alpha value is 1.59. The third-order valence-corrected chi connectivity index (χ3v) is 9.97. The number of benzene rings is 1. The average molecular weight is 853 g/mol. The van der Waals surface area contributed by atoms with E-state index in [4.69, 9.17) is 47.4 Å². The number of hydrogen-bond acceptors (Lipinski definition) is 16. The molecule has 0 bridgehead atoms. The SMILES string of the molecule is CCC(CCOCCOCCOCCOCCOc1ccc(C)cc1OCCOCCOCCOCCOCCC(CC)S(=O)(=O)[O-])S(=O)(=O)[O-].[K+].[K+]. The molecule has 0 fully saturated rings. The molecule has 16 nitrogen and oxygen atoms in total. The molecule has 0 aromatic heterocycles. The van der Waals surface area contributed by atoms with E-state index in [-0.39, 0.29) is 142 Å². The fraction of sp³-hybridized carbons (Fsp3) is 0.818. The van der Waals surface area contributed by atoms with Crippen LogP contribution < -0.4 is 112 Å². The quantitative estimate of drug-likeness (QED) is 0.0362. The molecule has 1 rings (SSSR count). The van der Waals surface area contributed by atoms with E-state index in [1.807, 2.05) is 25.1 Å². The zero-order valence-corrected chi connectivity index (χ0v) is 40.2. The number of ether oxygens (including phenoxy) is 10. The third-order valence-electron chi connectivity index (χ3n) is 7.20. The first-order valence-corrected chi connectivity index (χ1v) is 20.3. The van der Waals surface area contributed by atoms with Crippen molar-refractivity contribution >= 4 is 20.2 Å². The fourth-order valence-corrected chi connectivity index (χ4v) is 5.91. The van der Waals surface area contributed by atoms with Crippen molar-refractivity contribution in [3.8, 4) is 11.5 Å². The molecule has 0 radical (unpaired) electrons. The van der Waals surface area contributed by atoms with Gasteiger partial charge in [0.15, 0.2) is 11.5 Å². The molecule has 0 heterocycles. The molecular weight excluding hydrogens is 795 g/mol. The minimum Gasteiger partial charge on any atom is -0.748 e. The molecule has 0 amide bonds. The first kappa shape index (κ1) is 56.7. The van der Waals surface area contributed by atoms with Crippen LogP contribution in [0.2, 0.25) is 0 Å². The maximum atomic E-state index is 11.0. The van der Waals surface area contributed by atoms with Gasteiger partial charge in [-0.05, 0) is 50.3 Å². The summed E-state index contributed by atoms with van der Waals surface area (Å²) in [6, 6.07) is 5.69. The zero-order chi connectivity index (χ0) is 37.6. The minimum atomic E-state index is -4.29. The summed E-state index contributed by atoms with van der Waals surface area (Å²) in [5.41, 5.74) is 1.03. The summed E-state index contributed by atoms with van der Waals surface area (Å²) in [6.45, 7) is 11.5. The monoisotopic (exact) mass is 852 g/mol. The molecule has 0 aliphatic heterocycles. The standard InChI is InChI=1S/C33H60O16S2.2K/c1-4-30(50(34,35)36)8-10-40-12-14-42-16-18-44-20-22-46-24-26-48-32-7-6-29(3)28-33(32)49-27-25-47-23-21-45-19-17-43-15-13-41-11-9-31(5-2)51(37,38)39;;/h6-7,28,30-31H,4-5,8-27H2,1-3H3,(H,34,35,36)(H,37,38,39);;/q;2*+1/p-2. The van der Waals surface area contributed by atoms with Gasteiger partial charge in [0.25, 0.3) is 0 Å². The summed E-state index contributed by atoms with van der Waals surface area (Å²) in [5.74, 6) is 1.22. The third kappa shape index (κ3) is 32.2. The maximum Gasteiger partial charge on any atom is 1.00 e. The molecule has 2 atom stereocenters. The second kappa shape index (κ2) is 36.7. The van der Waals surface area contributed by atoms with E-state index in [9.17, 15) is 25.9 Å². The topological polar surface area (TPSA) is 207 Å². The molecule has 1 aromatic carbocycles. The van der Waals surface area contributed by atoms with Crippen LogP contribution in [0.15, 0.2) is 18.2 Å². The first-order chi connectivity index (χ1) is 24.5. The molecule has 0 aliphatic carbocycles. The Morgan fingerprint density at radius 2 is 0.755 bits per heavy atom. The molecule has 0 saturated heterocycles. The smallest absolute Gasteiger partial charge is 0.748 e. The largest absolute Gasteiger partial charge is 1.00 e. The van der Waals surface area contributed by atoms with Gasteiger partial charge in [0.05, 0.1) is 123 Å². The summed E-state index contributed by atoms with van der Waals surface area (Å²) < 4.78 is 122. The summed E-state index contributed by atoms with van der Waals surface area (Å²) in [7, 11) is -8.57. The van der Waals surface area contributed by atoms with Crippen LogP contribution in [-0.2, 0) is 58.1 Å². The summed E-state index contributed by atoms with van der Waals surface area (Å²) in [6.07, 6.45) is 0.899. The van der Waals surface area contributed by atoms with Crippen LogP contribution in [0.4, 0.5) is 0 Å². The maximum absolute atomic E-state index is 11.0. The van der Waals surface area contributed by atoms with Gasteiger partial charge < -0.3 is 56.5 Å². The zero-order valence-electron chi connectivity index (χ0n) is 32.3. The molecule has 0 spiro atoms. The number of aryl methyl sites for hydroxylation is 1. The Morgan fingerprint density at radius 3 is 1.06 bits per heavy atom. The summed E-state index contributed by atoms with van der Waals surface area (Å²) in [5, 5.41) is -1.83. The molecular formula is C33H58K2O16S2. The minimum absolute atomic E-state index is 0. The first-order valence-electron chi connectivity index (χ1n) is 17.4. The van der Waals surface area contributed by atoms with Crippen molar-refractivity contribution in [2.24, 2.45) is 0 Å². The molecule has 300 valence electrons. The number of hydrogen-bond donors (Lipinski definition) is 0. The van der Waals surface area contributed by atoms with E-state index < -0.39 is 30.7 Å². The molecule has 53 heavy (non-hydrogen) atoms.